The number of sulfonamides is 1. The van der Waals surface area contributed by atoms with Crippen LogP contribution in [0.5, 0.6) is 0 Å². The van der Waals surface area contributed by atoms with Gasteiger partial charge in [0, 0.05) is 25.7 Å². The van der Waals surface area contributed by atoms with E-state index in [1.165, 1.54) is 59.2 Å². The molecule has 0 aliphatic rings. The average Bonchev–Trinajstić information content (AvgIpc) is 3.12. The summed E-state index contributed by atoms with van der Waals surface area (Å²) in [4.78, 5) is 29.2. The summed E-state index contributed by atoms with van der Waals surface area (Å²) < 4.78 is 34.1. The minimum Gasteiger partial charge on any atom is -0.465 e. The molecule has 1 heterocycles. The fourth-order valence-electron chi connectivity index (χ4n) is 3.11. The van der Waals surface area contributed by atoms with E-state index in [0.717, 1.165) is 10.2 Å². The molecule has 0 unspecified atom stereocenters. The van der Waals surface area contributed by atoms with Gasteiger partial charge in [0.05, 0.1) is 27.8 Å². The van der Waals surface area contributed by atoms with Crippen molar-refractivity contribution in [2.24, 2.45) is 12.0 Å². The summed E-state index contributed by atoms with van der Waals surface area (Å²) in [5, 5.41) is 0. The molecule has 8 nitrogen and oxygen atoms in total. The lowest BCUT2D eigenvalue weighted by atomic mass is 10.2. The second-order valence-electron chi connectivity index (χ2n) is 6.96. The van der Waals surface area contributed by atoms with Crippen LogP contribution in [0.25, 0.3) is 10.2 Å². The number of ether oxygens (including phenoxy) is 1. The van der Waals surface area contributed by atoms with Crippen LogP contribution in [-0.2, 0) is 21.8 Å². The molecule has 0 N–H and O–H groups in total. The molecule has 0 bridgehead atoms. The number of amides is 1. The van der Waals surface area contributed by atoms with Gasteiger partial charge in [-0.3, -0.25) is 4.79 Å². The molecule has 1 aromatic heterocycles. The van der Waals surface area contributed by atoms with Gasteiger partial charge in [-0.15, -0.1) is 13.2 Å². The number of aryl methyl sites for hydroxylation is 1. The molecular formula is C23H23N3O5S2. The quantitative estimate of drug-likeness (QED) is 0.361. The minimum absolute atomic E-state index is 0.0607. The fraction of sp³-hybridized carbons (Fsp3) is 0.174. The Morgan fingerprint density at radius 2 is 1.70 bits per heavy atom. The molecule has 3 aromatic rings. The Hall–Kier alpha value is -3.34. The van der Waals surface area contributed by atoms with Crippen molar-refractivity contribution in [1.82, 2.24) is 8.87 Å². The Kier molecular flexibility index (Phi) is 7.42. The Labute approximate surface area is 195 Å². The van der Waals surface area contributed by atoms with Gasteiger partial charge in [-0.25, -0.2) is 13.2 Å². The number of carbonyl (C=O) groups is 2. The van der Waals surface area contributed by atoms with Crippen LogP contribution >= 0.6 is 11.3 Å². The predicted octanol–water partition coefficient (Wildman–Crippen LogP) is 3.13. The molecule has 0 aliphatic carbocycles. The molecule has 0 aliphatic heterocycles. The molecule has 3 rings (SSSR count). The summed E-state index contributed by atoms with van der Waals surface area (Å²) in [6.45, 7) is 7.46. The van der Waals surface area contributed by atoms with Crippen molar-refractivity contribution in [3.63, 3.8) is 0 Å². The first-order chi connectivity index (χ1) is 15.7. The Morgan fingerprint density at radius 1 is 1.09 bits per heavy atom. The molecule has 0 radical (unpaired) electrons. The lowest BCUT2D eigenvalue weighted by Gasteiger charge is -2.19. The van der Waals surface area contributed by atoms with Crippen molar-refractivity contribution in [2.75, 3.05) is 20.2 Å². The Balaban J connectivity index is 1.92. The van der Waals surface area contributed by atoms with Crippen LogP contribution in [0.3, 0.4) is 0 Å². The highest BCUT2D eigenvalue weighted by Crippen LogP contribution is 2.20. The molecule has 1 amide bonds. The van der Waals surface area contributed by atoms with E-state index in [4.69, 9.17) is 4.74 Å². The number of rotatable bonds is 8. The van der Waals surface area contributed by atoms with E-state index < -0.39 is 21.9 Å². The largest absolute Gasteiger partial charge is 0.465 e. The lowest BCUT2D eigenvalue weighted by Crippen LogP contribution is -2.31. The van der Waals surface area contributed by atoms with Crippen LogP contribution in [0.15, 0.2) is 77.7 Å². The van der Waals surface area contributed by atoms with E-state index in [1.54, 1.807) is 29.8 Å². The third kappa shape index (κ3) is 5.03. The summed E-state index contributed by atoms with van der Waals surface area (Å²) in [7, 11) is -0.672. The number of carbonyl (C=O) groups excluding carboxylic acids is 2. The summed E-state index contributed by atoms with van der Waals surface area (Å²) >= 11 is 1.26. The number of aromatic nitrogens is 1. The fourth-order valence-corrected chi connectivity index (χ4v) is 5.55. The van der Waals surface area contributed by atoms with Crippen molar-refractivity contribution in [2.45, 2.75) is 4.90 Å². The van der Waals surface area contributed by atoms with Crippen LogP contribution < -0.4 is 4.80 Å². The monoisotopic (exact) mass is 485 g/mol. The molecule has 2 aromatic carbocycles. The normalized spacial score (nSPS) is 12.2. The zero-order valence-corrected chi connectivity index (χ0v) is 19.9. The average molecular weight is 486 g/mol. The molecular weight excluding hydrogens is 462 g/mol. The van der Waals surface area contributed by atoms with Gasteiger partial charge < -0.3 is 9.30 Å². The Morgan fingerprint density at radius 3 is 2.27 bits per heavy atom. The van der Waals surface area contributed by atoms with Gasteiger partial charge >= 0.3 is 5.97 Å². The molecule has 10 heteroatoms. The summed E-state index contributed by atoms with van der Waals surface area (Å²) in [6, 6.07) is 10.7. The van der Waals surface area contributed by atoms with E-state index in [0.29, 0.717) is 10.4 Å². The molecule has 0 atom stereocenters. The van der Waals surface area contributed by atoms with E-state index in [9.17, 15) is 18.0 Å². The predicted molar refractivity (Wildman–Crippen MR) is 128 cm³/mol. The van der Waals surface area contributed by atoms with Gasteiger partial charge in [0.15, 0.2) is 4.80 Å². The first-order valence-corrected chi connectivity index (χ1v) is 12.1. The number of hydrogen-bond donors (Lipinski definition) is 0. The van der Waals surface area contributed by atoms with Crippen LogP contribution in [0.1, 0.15) is 20.7 Å². The van der Waals surface area contributed by atoms with Crippen LogP contribution in [-0.4, -0.2) is 49.4 Å². The molecule has 172 valence electrons. The maximum absolute atomic E-state index is 12.8. The van der Waals surface area contributed by atoms with Gasteiger partial charge in [0.1, 0.15) is 0 Å². The maximum Gasteiger partial charge on any atom is 0.337 e. The number of thiazole rings is 1. The van der Waals surface area contributed by atoms with Gasteiger partial charge in [-0.1, -0.05) is 23.5 Å². The van der Waals surface area contributed by atoms with Crippen molar-refractivity contribution in [1.29, 1.82) is 0 Å². The number of methoxy groups -OCH3 is 1. The topological polar surface area (TPSA) is 98.0 Å². The van der Waals surface area contributed by atoms with Crippen molar-refractivity contribution >= 4 is 43.5 Å². The van der Waals surface area contributed by atoms with E-state index >= 15 is 0 Å². The van der Waals surface area contributed by atoms with Crippen molar-refractivity contribution < 1.29 is 22.7 Å². The third-order valence-corrected chi connectivity index (χ3v) is 7.77. The molecule has 0 saturated heterocycles. The van der Waals surface area contributed by atoms with Crippen molar-refractivity contribution in [3.05, 3.63) is 83.7 Å². The van der Waals surface area contributed by atoms with Crippen LogP contribution in [0, 0.1) is 0 Å². The number of nitrogens with zero attached hydrogens (tertiary/aromatic N) is 3. The van der Waals surface area contributed by atoms with E-state index in [-0.39, 0.29) is 23.5 Å². The van der Waals surface area contributed by atoms with Crippen LogP contribution in [0.2, 0.25) is 0 Å². The lowest BCUT2D eigenvalue weighted by molar-refractivity contribution is 0.0600. The zero-order valence-electron chi connectivity index (χ0n) is 18.2. The second kappa shape index (κ2) is 10.1. The summed E-state index contributed by atoms with van der Waals surface area (Å²) in [5.41, 5.74) is 1.47. The van der Waals surface area contributed by atoms with Gasteiger partial charge in [0.2, 0.25) is 10.0 Å². The van der Waals surface area contributed by atoms with E-state index in [2.05, 4.69) is 18.2 Å². The highest BCUT2D eigenvalue weighted by Gasteiger charge is 2.22. The number of fused-ring (bicyclic) bond motifs is 1. The highest BCUT2D eigenvalue weighted by atomic mass is 32.2. The van der Waals surface area contributed by atoms with Gasteiger partial charge in [-0.2, -0.15) is 9.30 Å². The zero-order chi connectivity index (χ0) is 24.2. The van der Waals surface area contributed by atoms with Gasteiger partial charge in [0.25, 0.3) is 5.91 Å². The number of benzene rings is 2. The SMILES string of the molecule is C=CCN(CC=C)S(=O)(=O)c1ccc(C(=O)N=c2sc3cc(C(=O)OC)ccc3n2C)cc1. The van der Waals surface area contributed by atoms with Gasteiger partial charge in [-0.05, 0) is 42.5 Å². The molecule has 0 spiro atoms. The van der Waals surface area contributed by atoms with Crippen LogP contribution in [0.4, 0.5) is 0 Å². The first-order valence-electron chi connectivity index (χ1n) is 9.82. The smallest absolute Gasteiger partial charge is 0.337 e. The Bertz CT molecular complexity index is 1390. The minimum atomic E-state index is -3.76. The molecule has 33 heavy (non-hydrogen) atoms. The number of esters is 1. The highest BCUT2D eigenvalue weighted by molar-refractivity contribution is 7.89. The number of hydrogen-bond acceptors (Lipinski definition) is 6. The standard InChI is InChI=1S/C23H23N3O5S2/c1-5-13-26(14-6-2)33(29,30)18-10-7-16(8-11-18)21(27)24-23-25(3)19-12-9-17(22(28)31-4)15-20(19)32-23/h5-12,15H,1-2,13-14H2,3-4H3. The first kappa shape index (κ1) is 24.3. The maximum atomic E-state index is 12.8. The summed E-state index contributed by atoms with van der Waals surface area (Å²) in [5.74, 6) is -0.958. The molecule has 0 saturated carbocycles. The molecule has 0 fully saturated rings. The summed E-state index contributed by atoms with van der Waals surface area (Å²) in [6.07, 6.45) is 2.99. The van der Waals surface area contributed by atoms with Crippen molar-refractivity contribution in [3.8, 4) is 0 Å². The van der Waals surface area contributed by atoms with E-state index in [1.807, 2.05) is 0 Å². The second-order valence-corrected chi connectivity index (χ2v) is 9.91. The third-order valence-electron chi connectivity index (χ3n) is 4.83.